The minimum absolute atomic E-state index is 0.00851. The van der Waals surface area contributed by atoms with Gasteiger partial charge in [-0.2, -0.15) is 0 Å². The van der Waals surface area contributed by atoms with Crippen LogP contribution in [-0.4, -0.2) is 40.9 Å². The largest absolute Gasteiger partial charge is 0.370 e. The van der Waals surface area contributed by atoms with Crippen molar-refractivity contribution in [3.63, 3.8) is 0 Å². The molecule has 2 atom stereocenters. The van der Waals surface area contributed by atoms with Crippen molar-refractivity contribution in [1.29, 1.82) is 0 Å². The molecule has 1 saturated heterocycles. The molecule has 1 aromatic heterocycles. The summed E-state index contributed by atoms with van der Waals surface area (Å²) in [5.74, 6) is 0.0853. The second kappa shape index (κ2) is 10.5. The van der Waals surface area contributed by atoms with E-state index in [2.05, 4.69) is 35.4 Å². The summed E-state index contributed by atoms with van der Waals surface area (Å²) in [6, 6.07) is 18.0. The van der Waals surface area contributed by atoms with E-state index in [1.807, 2.05) is 61.3 Å². The molecule has 5 rings (SSSR count). The molecule has 192 valence electrons. The summed E-state index contributed by atoms with van der Waals surface area (Å²) < 4.78 is 6.67. The Balaban J connectivity index is 1.44. The molecule has 1 spiro atoms. The van der Waals surface area contributed by atoms with Crippen molar-refractivity contribution in [2.75, 3.05) is 13.1 Å². The van der Waals surface area contributed by atoms with Crippen LogP contribution in [0.1, 0.15) is 70.4 Å². The predicted octanol–water partition coefficient (Wildman–Crippen LogP) is 5.04. The molecule has 0 saturated carbocycles. The number of carbonyl (C=O) groups is 2. The number of aryl methyl sites for hydroxylation is 2. The molecular weight excluding hydrogens is 462 g/mol. The van der Waals surface area contributed by atoms with Crippen LogP contribution in [0.4, 0.5) is 0 Å². The zero-order valence-corrected chi connectivity index (χ0v) is 21.9. The molecule has 37 heavy (non-hydrogen) atoms. The van der Waals surface area contributed by atoms with E-state index in [0.717, 1.165) is 35.1 Å². The molecule has 0 bridgehead atoms. The van der Waals surface area contributed by atoms with E-state index in [9.17, 15) is 9.59 Å². The van der Waals surface area contributed by atoms with Crippen molar-refractivity contribution in [3.05, 3.63) is 100 Å². The number of fused-ring (bicyclic) bond motifs is 2. The number of piperidine rings is 1. The Morgan fingerprint density at radius 2 is 1.84 bits per heavy atom. The summed E-state index contributed by atoms with van der Waals surface area (Å²) in [7, 11) is 0. The van der Waals surface area contributed by atoms with Crippen molar-refractivity contribution < 1.29 is 14.3 Å². The number of carbonyl (C=O) groups excluding carboxylic acids is 2. The highest BCUT2D eigenvalue weighted by molar-refractivity contribution is 5.94. The molecule has 2 heterocycles. The maximum absolute atomic E-state index is 13.4. The molecule has 1 aliphatic carbocycles. The van der Waals surface area contributed by atoms with E-state index < -0.39 is 0 Å². The third kappa shape index (κ3) is 4.78. The number of hydrogen-bond acceptors (Lipinski definition) is 4. The summed E-state index contributed by atoms with van der Waals surface area (Å²) in [6.07, 6.45) is 5.30. The van der Waals surface area contributed by atoms with Crippen LogP contribution in [0.3, 0.4) is 0 Å². The molecule has 0 radical (unpaired) electrons. The Morgan fingerprint density at radius 1 is 1.05 bits per heavy atom. The van der Waals surface area contributed by atoms with Gasteiger partial charge in [0.25, 0.3) is 5.91 Å². The molecule has 1 aliphatic heterocycles. The summed E-state index contributed by atoms with van der Waals surface area (Å²) in [6.45, 7) is 7.67. The Labute approximate surface area is 219 Å². The van der Waals surface area contributed by atoms with Crippen molar-refractivity contribution in [1.82, 2.24) is 15.2 Å². The van der Waals surface area contributed by atoms with E-state index in [0.29, 0.717) is 26.1 Å². The first kappa shape index (κ1) is 25.2. The normalized spacial score (nSPS) is 20.0. The SMILES string of the molecule is CCC(=O)N[C@H]1c2ccccc2C2(CCN(C(=O)c3ccc(C)c(C)c3)CC2)[C@@H]1OCc1cccnc1. The van der Waals surface area contributed by atoms with Crippen LogP contribution >= 0.6 is 0 Å². The number of pyridine rings is 1. The zero-order chi connectivity index (χ0) is 26.0. The van der Waals surface area contributed by atoms with E-state index >= 15 is 0 Å². The van der Waals surface area contributed by atoms with E-state index in [1.54, 1.807) is 6.20 Å². The van der Waals surface area contributed by atoms with E-state index in [4.69, 9.17) is 4.74 Å². The standard InChI is InChI=1S/C31H35N3O3/c1-4-27(35)33-28-25-9-5-6-10-26(25)31(29(28)37-20-23-8-7-15-32-19-23)13-16-34(17-14-31)30(36)24-12-11-21(2)22(3)18-24/h5-12,15,18-19,28-29H,4,13-14,16-17,20H2,1-3H3,(H,33,35)/t28-,29+/m0/s1. The fourth-order valence-corrected chi connectivity index (χ4v) is 5.93. The molecule has 2 amide bonds. The smallest absolute Gasteiger partial charge is 0.253 e. The quantitative estimate of drug-likeness (QED) is 0.518. The number of hydrogen-bond donors (Lipinski definition) is 1. The first-order valence-electron chi connectivity index (χ1n) is 13.2. The highest BCUT2D eigenvalue weighted by atomic mass is 16.5. The van der Waals surface area contributed by atoms with Gasteiger partial charge in [-0.15, -0.1) is 0 Å². The van der Waals surface area contributed by atoms with Gasteiger partial charge in [0.2, 0.25) is 5.91 Å². The van der Waals surface area contributed by atoms with Gasteiger partial charge >= 0.3 is 0 Å². The maximum atomic E-state index is 13.4. The summed E-state index contributed by atoms with van der Waals surface area (Å²) >= 11 is 0. The average Bonchev–Trinajstić information content (AvgIpc) is 3.17. The number of benzene rings is 2. The minimum Gasteiger partial charge on any atom is -0.370 e. The van der Waals surface area contributed by atoms with Crippen LogP contribution in [0.15, 0.2) is 67.0 Å². The number of rotatable bonds is 6. The van der Waals surface area contributed by atoms with Crippen LogP contribution in [0.2, 0.25) is 0 Å². The summed E-state index contributed by atoms with van der Waals surface area (Å²) in [5.41, 5.74) is 6.11. The van der Waals surface area contributed by atoms with Crippen molar-refractivity contribution in [3.8, 4) is 0 Å². The average molecular weight is 498 g/mol. The van der Waals surface area contributed by atoms with Crippen LogP contribution in [-0.2, 0) is 21.6 Å². The highest BCUT2D eigenvalue weighted by Gasteiger charge is 2.54. The lowest BCUT2D eigenvalue weighted by molar-refractivity contribution is -0.123. The van der Waals surface area contributed by atoms with Gasteiger partial charge in [-0.05, 0) is 72.7 Å². The fourth-order valence-electron chi connectivity index (χ4n) is 5.93. The highest BCUT2D eigenvalue weighted by Crippen LogP contribution is 2.52. The van der Waals surface area contributed by atoms with E-state index in [-0.39, 0.29) is 29.4 Å². The Kier molecular flexibility index (Phi) is 7.11. The number of likely N-dealkylation sites (tertiary alicyclic amines) is 1. The topological polar surface area (TPSA) is 71.5 Å². The predicted molar refractivity (Wildman–Crippen MR) is 143 cm³/mol. The third-order valence-electron chi connectivity index (χ3n) is 8.17. The summed E-state index contributed by atoms with van der Waals surface area (Å²) in [5, 5.41) is 3.25. The lowest BCUT2D eigenvalue weighted by Crippen LogP contribution is -2.52. The third-order valence-corrected chi connectivity index (χ3v) is 8.17. The number of nitrogens with one attached hydrogen (secondary N) is 1. The molecule has 6 nitrogen and oxygen atoms in total. The van der Waals surface area contributed by atoms with Crippen LogP contribution < -0.4 is 5.32 Å². The number of amides is 2. The summed E-state index contributed by atoms with van der Waals surface area (Å²) in [4.78, 5) is 32.2. The fraction of sp³-hybridized carbons (Fsp3) is 0.387. The second-order valence-electron chi connectivity index (χ2n) is 10.3. The van der Waals surface area contributed by atoms with Gasteiger partial charge in [0.05, 0.1) is 18.8 Å². The molecule has 2 aromatic carbocycles. The Bertz CT molecular complexity index is 1280. The van der Waals surface area contributed by atoms with Crippen molar-refractivity contribution in [2.24, 2.45) is 0 Å². The minimum atomic E-state index is -0.287. The Hall–Kier alpha value is -3.51. The van der Waals surface area contributed by atoms with Crippen LogP contribution in [0.5, 0.6) is 0 Å². The lowest BCUT2D eigenvalue weighted by atomic mass is 9.71. The second-order valence-corrected chi connectivity index (χ2v) is 10.3. The van der Waals surface area contributed by atoms with Gasteiger partial charge in [-0.25, -0.2) is 0 Å². The van der Waals surface area contributed by atoms with Crippen LogP contribution in [0, 0.1) is 13.8 Å². The molecule has 0 unspecified atom stereocenters. The number of nitrogens with zero attached hydrogens (tertiary/aromatic N) is 2. The van der Waals surface area contributed by atoms with Gasteiger partial charge in [0.1, 0.15) is 0 Å². The molecule has 3 aromatic rings. The van der Waals surface area contributed by atoms with Gasteiger partial charge in [0, 0.05) is 42.9 Å². The lowest BCUT2D eigenvalue weighted by Gasteiger charge is -2.44. The monoisotopic (exact) mass is 497 g/mol. The molecule has 2 aliphatic rings. The van der Waals surface area contributed by atoms with Gasteiger partial charge in [0.15, 0.2) is 0 Å². The zero-order valence-electron chi connectivity index (χ0n) is 21.9. The first-order chi connectivity index (χ1) is 17.9. The molecular formula is C31H35N3O3. The van der Waals surface area contributed by atoms with Gasteiger partial charge in [-0.1, -0.05) is 43.3 Å². The van der Waals surface area contributed by atoms with Crippen molar-refractivity contribution in [2.45, 2.75) is 64.2 Å². The molecule has 1 fully saturated rings. The number of ether oxygens (including phenoxy) is 1. The van der Waals surface area contributed by atoms with Crippen LogP contribution in [0.25, 0.3) is 0 Å². The van der Waals surface area contributed by atoms with Gasteiger partial charge in [-0.3, -0.25) is 14.6 Å². The molecule has 1 N–H and O–H groups in total. The Morgan fingerprint density at radius 3 is 2.54 bits per heavy atom. The number of aromatic nitrogens is 1. The van der Waals surface area contributed by atoms with E-state index in [1.165, 1.54) is 11.1 Å². The van der Waals surface area contributed by atoms with Crippen molar-refractivity contribution >= 4 is 11.8 Å². The molecule has 6 heteroatoms. The van der Waals surface area contributed by atoms with Gasteiger partial charge < -0.3 is 15.0 Å². The first-order valence-corrected chi connectivity index (χ1v) is 13.2. The maximum Gasteiger partial charge on any atom is 0.253 e.